The molecule has 0 aliphatic heterocycles. The van der Waals surface area contributed by atoms with Gasteiger partial charge in [-0.3, -0.25) is 9.59 Å². The van der Waals surface area contributed by atoms with Gasteiger partial charge in [-0.15, -0.1) is 0 Å². The number of hydrogen-bond acceptors (Lipinski definition) is 4. The van der Waals surface area contributed by atoms with E-state index in [-0.39, 0.29) is 11.9 Å². The number of esters is 2. The number of carbonyl (C=O) groups excluding carboxylic acids is 2. The van der Waals surface area contributed by atoms with Crippen LogP contribution in [0.5, 0.6) is 0 Å². The van der Waals surface area contributed by atoms with E-state index in [1.54, 1.807) is 0 Å². The Morgan fingerprint density at radius 1 is 0.438 bits per heavy atom. The van der Waals surface area contributed by atoms with Gasteiger partial charge >= 0.3 is 11.9 Å². The highest BCUT2D eigenvalue weighted by atomic mass is 16.5. The third-order valence-electron chi connectivity index (χ3n) is 5.54. The minimum absolute atomic E-state index is 0.00412. The summed E-state index contributed by atoms with van der Waals surface area (Å²) in [5.74, 6) is -0.0431. The molecule has 0 aliphatic carbocycles. The first-order valence-electron chi connectivity index (χ1n) is 13.9. The van der Waals surface area contributed by atoms with Crippen molar-refractivity contribution in [2.24, 2.45) is 0 Å². The summed E-state index contributed by atoms with van der Waals surface area (Å²) in [6.07, 6.45) is 23.4. The highest BCUT2D eigenvalue weighted by Crippen LogP contribution is 2.09. The van der Waals surface area contributed by atoms with E-state index in [0.717, 1.165) is 25.7 Å². The molecule has 0 aromatic heterocycles. The van der Waals surface area contributed by atoms with E-state index in [2.05, 4.69) is 20.8 Å². The molecule has 0 aliphatic rings. The SMILES string of the molecule is CCCCCCCC(=O)OCC.CCCCCCCCCCOC(=O)CCCCCCC. The van der Waals surface area contributed by atoms with Crippen LogP contribution in [0.25, 0.3) is 0 Å². The van der Waals surface area contributed by atoms with Crippen molar-refractivity contribution in [3.8, 4) is 0 Å². The molecule has 0 N–H and O–H groups in total. The molecule has 0 aromatic carbocycles. The zero-order valence-corrected chi connectivity index (χ0v) is 22.2. The maximum absolute atomic E-state index is 11.5. The molecule has 192 valence electrons. The Labute approximate surface area is 200 Å². The average Bonchev–Trinajstić information content (AvgIpc) is 2.78. The summed E-state index contributed by atoms with van der Waals surface area (Å²) >= 11 is 0. The predicted molar refractivity (Wildman–Crippen MR) is 137 cm³/mol. The average molecular weight is 457 g/mol. The molecule has 4 heteroatoms. The van der Waals surface area contributed by atoms with Gasteiger partial charge in [0.2, 0.25) is 0 Å². The van der Waals surface area contributed by atoms with Crippen LogP contribution in [0, 0.1) is 0 Å². The summed E-state index contributed by atoms with van der Waals surface area (Å²) in [6.45, 7) is 9.62. The van der Waals surface area contributed by atoms with Crippen molar-refractivity contribution >= 4 is 11.9 Å². The molecule has 0 unspecified atom stereocenters. The third-order valence-corrected chi connectivity index (χ3v) is 5.54. The van der Waals surface area contributed by atoms with Crippen molar-refractivity contribution < 1.29 is 19.1 Å². The van der Waals surface area contributed by atoms with Crippen LogP contribution < -0.4 is 0 Å². The van der Waals surface area contributed by atoms with Gasteiger partial charge in [-0.25, -0.2) is 0 Å². The Bertz CT molecular complexity index is 382. The molecule has 0 rings (SSSR count). The molecule has 0 saturated heterocycles. The molecule has 0 spiro atoms. The van der Waals surface area contributed by atoms with Gasteiger partial charge < -0.3 is 9.47 Å². The van der Waals surface area contributed by atoms with Crippen LogP contribution in [-0.2, 0) is 19.1 Å². The van der Waals surface area contributed by atoms with Crippen LogP contribution in [0.2, 0.25) is 0 Å². The molecule has 0 fully saturated rings. The van der Waals surface area contributed by atoms with E-state index >= 15 is 0 Å². The Kier molecular flexibility index (Phi) is 31.0. The molecular weight excluding hydrogens is 400 g/mol. The lowest BCUT2D eigenvalue weighted by atomic mass is 10.1. The maximum atomic E-state index is 11.5. The van der Waals surface area contributed by atoms with Crippen LogP contribution in [0.3, 0.4) is 0 Å². The van der Waals surface area contributed by atoms with Crippen molar-refractivity contribution in [2.75, 3.05) is 13.2 Å². The minimum atomic E-state index is -0.0472. The Hall–Kier alpha value is -1.06. The molecule has 32 heavy (non-hydrogen) atoms. The predicted octanol–water partition coefficient (Wildman–Crippen LogP) is 8.94. The first-order valence-corrected chi connectivity index (χ1v) is 13.9. The maximum Gasteiger partial charge on any atom is 0.305 e. The molecule has 0 atom stereocenters. The van der Waals surface area contributed by atoms with Crippen LogP contribution in [0.1, 0.15) is 156 Å². The van der Waals surface area contributed by atoms with E-state index in [4.69, 9.17) is 9.47 Å². The monoisotopic (exact) mass is 456 g/mol. The van der Waals surface area contributed by atoms with E-state index in [1.165, 1.54) is 89.9 Å². The summed E-state index contributed by atoms with van der Waals surface area (Å²) in [6, 6.07) is 0. The van der Waals surface area contributed by atoms with Gasteiger partial charge in [0.05, 0.1) is 13.2 Å². The lowest BCUT2D eigenvalue weighted by molar-refractivity contribution is -0.144. The fraction of sp³-hybridized carbons (Fsp3) is 0.929. The van der Waals surface area contributed by atoms with Gasteiger partial charge in [-0.2, -0.15) is 0 Å². The van der Waals surface area contributed by atoms with E-state index in [9.17, 15) is 9.59 Å². The normalized spacial score (nSPS) is 10.4. The molecule has 0 bridgehead atoms. The van der Waals surface area contributed by atoms with Crippen molar-refractivity contribution in [3.63, 3.8) is 0 Å². The summed E-state index contributed by atoms with van der Waals surface area (Å²) in [5.41, 5.74) is 0. The Balaban J connectivity index is 0. The smallest absolute Gasteiger partial charge is 0.305 e. The molecule has 0 radical (unpaired) electrons. The number of ether oxygens (including phenoxy) is 2. The van der Waals surface area contributed by atoms with Crippen LogP contribution in [-0.4, -0.2) is 25.2 Å². The van der Waals surface area contributed by atoms with Crippen LogP contribution in [0.4, 0.5) is 0 Å². The lowest BCUT2D eigenvalue weighted by Gasteiger charge is -2.05. The second-order valence-corrected chi connectivity index (χ2v) is 8.83. The number of carbonyl (C=O) groups is 2. The Morgan fingerprint density at radius 3 is 1.19 bits per heavy atom. The zero-order valence-electron chi connectivity index (χ0n) is 22.2. The van der Waals surface area contributed by atoms with Crippen LogP contribution >= 0.6 is 0 Å². The van der Waals surface area contributed by atoms with Crippen LogP contribution in [0.15, 0.2) is 0 Å². The van der Waals surface area contributed by atoms with Gasteiger partial charge in [0.1, 0.15) is 0 Å². The number of rotatable bonds is 22. The quantitative estimate of drug-likeness (QED) is 0.120. The second-order valence-electron chi connectivity index (χ2n) is 8.83. The fourth-order valence-electron chi connectivity index (χ4n) is 3.47. The summed E-state index contributed by atoms with van der Waals surface area (Å²) in [4.78, 5) is 22.3. The van der Waals surface area contributed by atoms with Gasteiger partial charge in [-0.05, 0) is 26.2 Å². The first kappa shape index (κ1) is 33.1. The summed E-state index contributed by atoms with van der Waals surface area (Å²) in [5, 5.41) is 0. The summed E-state index contributed by atoms with van der Waals surface area (Å²) in [7, 11) is 0. The van der Waals surface area contributed by atoms with E-state index in [0.29, 0.717) is 26.1 Å². The number of hydrogen-bond donors (Lipinski definition) is 0. The van der Waals surface area contributed by atoms with Crippen molar-refractivity contribution in [3.05, 3.63) is 0 Å². The molecule has 0 saturated carbocycles. The second kappa shape index (κ2) is 29.9. The van der Waals surface area contributed by atoms with Crippen molar-refractivity contribution in [2.45, 2.75) is 156 Å². The molecule has 0 aromatic rings. The highest BCUT2D eigenvalue weighted by molar-refractivity contribution is 5.69. The third kappa shape index (κ3) is 31.1. The molecule has 4 nitrogen and oxygen atoms in total. The lowest BCUT2D eigenvalue weighted by Crippen LogP contribution is -2.05. The van der Waals surface area contributed by atoms with Gasteiger partial charge in [-0.1, -0.05) is 117 Å². The zero-order chi connectivity index (χ0) is 24.1. The van der Waals surface area contributed by atoms with E-state index < -0.39 is 0 Å². The van der Waals surface area contributed by atoms with Gasteiger partial charge in [0, 0.05) is 12.8 Å². The van der Waals surface area contributed by atoms with Gasteiger partial charge in [0.25, 0.3) is 0 Å². The topological polar surface area (TPSA) is 52.6 Å². The largest absolute Gasteiger partial charge is 0.466 e. The van der Waals surface area contributed by atoms with Gasteiger partial charge in [0.15, 0.2) is 0 Å². The fourth-order valence-corrected chi connectivity index (χ4v) is 3.47. The standard InChI is InChI=1S/C18H36O2.C10H20O2/c1-3-5-7-9-10-11-13-15-17-20-18(19)16-14-12-8-6-4-2;1-3-5-6-7-8-9-10(11)12-4-2/h3-17H2,1-2H3;3-9H2,1-2H3. The minimum Gasteiger partial charge on any atom is -0.466 e. The molecule has 0 heterocycles. The molecular formula is C28H56O4. The van der Waals surface area contributed by atoms with Crippen molar-refractivity contribution in [1.29, 1.82) is 0 Å². The summed E-state index contributed by atoms with van der Waals surface area (Å²) < 4.78 is 10.1. The Morgan fingerprint density at radius 2 is 0.781 bits per heavy atom. The van der Waals surface area contributed by atoms with Crippen molar-refractivity contribution in [1.82, 2.24) is 0 Å². The van der Waals surface area contributed by atoms with E-state index in [1.807, 2.05) is 6.92 Å². The first-order chi connectivity index (χ1) is 15.6. The highest BCUT2D eigenvalue weighted by Gasteiger charge is 2.02. The molecule has 0 amide bonds. The number of unbranched alkanes of at least 4 members (excludes halogenated alkanes) is 15.